The third kappa shape index (κ3) is 3.74. The zero-order valence-electron chi connectivity index (χ0n) is 11.4. The van der Waals surface area contributed by atoms with Crippen molar-refractivity contribution in [2.24, 2.45) is 0 Å². The molecule has 1 N–H and O–H groups in total. The number of halogens is 1. The summed E-state index contributed by atoms with van der Waals surface area (Å²) in [5.41, 5.74) is 1.74. The van der Waals surface area contributed by atoms with E-state index in [1.807, 2.05) is 18.2 Å². The summed E-state index contributed by atoms with van der Waals surface area (Å²) in [5.74, 6) is 0.243. The second-order valence-corrected chi connectivity index (χ2v) is 4.75. The van der Waals surface area contributed by atoms with E-state index < -0.39 is 0 Å². The number of benzene rings is 2. The molecule has 0 unspecified atom stereocenters. The fourth-order valence-electron chi connectivity index (χ4n) is 1.87. The lowest BCUT2D eigenvalue weighted by Crippen LogP contribution is -2.15. The van der Waals surface area contributed by atoms with Gasteiger partial charge in [0.25, 0.3) is 0 Å². The van der Waals surface area contributed by atoms with Crippen molar-refractivity contribution in [1.82, 2.24) is 0 Å². The van der Waals surface area contributed by atoms with Gasteiger partial charge in [0.05, 0.1) is 30.9 Å². The minimum Gasteiger partial charge on any atom is -0.495 e. The number of carbonyl (C=O) groups excluding carboxylic acids is 1. The molecule has 5 heteroatoms. The van der Waals surface area contributed by atoms with Crippen LogP contribution in [0.3, 0.4) is 0 Å². The molecule has 0 saturated heterocycles. The zero-order chi connectivity index (χ0) is 15.2. The molecule has 4 nitrogen and oxygen atoms in total. The van der Waals surface area contributed by atoms with E-state index in [0.29, 0.717) is 22.0 Å². The number of nitriles is 1. The molecular formula is C16H13ClN2O2. The molecule has 0 aliphatic carbocycles. The Hall–Kier alpha value is -2.51. The number of nitrogens with one attached hydrogen (secondary N) is 1. The largest absolute Gasteiger partial charge is 0.495 e. The monoisotopic (exact) mass is 300 g/mol. The molecule has 0 atom stereocenters. The van der Waals surface area contributed by atoms with Crippen LogP contribution >= 0.6 is 11.6 Å². The quantitative estimate of drug-likeness (QED) is 0.941. The normalized spacial score (nSPS) is 9.76. The van der Waals surface area contributed by atoms with Gasteiger partial charge in [0.1, 0.15) is 5.75 Å². The smallest absolute Gasteiger partial charge is 0.228 e. The lowest BCUT2D eigenvalue weighted by molar-refractivity contribution is -0.115. The number of rotatable bonds is 4. The SMILES string of the molecule is COc1cc(C#N)ccc1NC(=O)Cc1ccccc1Cl. The Morgan fingerprint density at radius 2 is 2.10 bits per heavy atom. The Morgan fingerprint density at radius 1 is 1.33 bits per heavy atom. The van der Waals surface area contributed by atoms with Crippen molar-refractivity contribution in [1.29, 1.82) is 5.26 Å². The van der Waals surface area contributed by atoms with Crippen molar-refractivity contribution in [2.45, 2.75) is 6.42 Å². The number of anilines is 1. The predicted octanol–water partition coefficient (Wildman–Crippen LogP) is 3.40. The molecule has 0 fully saturated rings. The molecule has 0 aliphatic rings. The Bertz CT molecular complexity index is 708. The van der Waals surface area contributed by atoms with E-state index in [9.17, 15) is 4.79 Å². The van der Waals surface area contributed by atoms with Gasteiger partial charge in [-0.1, -0.05) is 29.8 Å². The summed E-state index contributed by atoms with van der Waals surface area (Å²) in [7, 11) is 1.49. The van der Waals surface area contributed by atoms with Crippen LogP contribution in [0.4, 0.5) is 5.69 Å². The molecule has 0 aromatic heterocycles. The fraction of sp³-hybridized carbons (Fsp3) is 0.125. The number of nitrogens with zero attached hydrogens (tertiary/aromatic N) is 1. The van der Waals surface area contributed by atoms with E-state index in [1.54, 1.807) is 30.3 Å². The molecular weight excluding hydrogens is 288 g/mol. The first kappa shape index (κ1) is 14.9. The van der Waals surface area contributed by atoms with E-state index in [0.717, 1.165) is 5.56 Å². The predicted molar refractivity (Wildman–Crippen MR) is 81.5 cm³/mol. The Balaban J connectivity index is 2.13. The summed E-state index contributed by atoms with van der Waals surface area (Å²) in [5, 5.41) is 12.2. The third-order valence-corrected chi connectivity index (χ3v) is 3.28. The standard InChI is InChI=1S/C16H13ClN2O2/c1-21-15-8-11(10-18)6-7-14(15)19-16(20)9-12-4-2-3-5-13(12)17/h2-8H,9H2,1H3,(H,19,20). The van der Waals surface area contributed by atoms with Gasteiger partial charge in [-0.3, -0.25) is 4.79 Å². The lowest BCUT2D eigenvalue weighted by Gasteiger charge is -2.11. The van der Waals surface area contributed by atoms with Gasteiger partial charge < -0.3 is 10.1 Å². The minimum atomic E-state index is -0.203. The van der Waals surface area contributed by atoms with Gasteiger partial charge in [0.2, 0.25) is 5.91 Å². The maximum Gasteiger partial charge on any atom is 0.228 e. The van der Waals surface area contributed by atoms with E-state index in [2.05, 4.69) is 5.32 Å². The number of hydrogen-bond acceptors (Lipinski definition) is 3. The van der Waals surface area contributed by atoms with Gasteiger partial charge in [-0.2, -0.15) is 5.26 Å². The summed E-state index contributed by atoms with van der Waals surface area (Å²) in [4.78, 5) is 12.1. The summed E-state index contributed by atoms with van der Waals surface area (Å²) >= 11 is 6.03. The molecule has 2 aromatic carbocycles. The van der Waals surface area contributed by atoms with Crippen LogP contribution in [0.1, 0.15) is 11.1 Å². The fourth-order valence-corrected chi connectivity index (χ4v) is 2.08. The molecule has 0 heterocycles. The summed E-state index contributed by atoms with van der Waals surface area (Å²) in [6.07, 6.45) is 0.169. The Labute approximate surface area is 127 Å². The Morgan fingerprint density at radius 3 is 2.76 bits per heavy atom. The Kier molecular flexibility index (Phi) is 4.81. The molecule has 106 valence electrons. The van der Waals surface area contributed by atoms with E-state index >= 15 is 0 Å². The summed E-state index contributed by atoms with van der Waals surface area (Å²) in [6.45, 7) is 0. The highest BCUT2D eigenvalue weighted by molar-refractivity contribution is 6.31. The average Bonchev–Trinajstić information content (AvgIpc) is 2.50. The maximum atomic E-state index is 12.1. The van der Waals surface area contributed by atoms with Gasteiger partial charge in [-0.15, -0.1) is 0 Å². The lowest BCUT2D eigenvalue weighted by atomic mass is 10.1. The molecule has 0 radical (unpaired) electrons. The van der Waals surface area contributed by atoms with Crippen molar-refractivity contribution >= 4 is 23.2 Å². The summed E-state index contributed by atoms with van der Waals surface area (Å²) in [6, 6.07) is 14.0. The van der Waals surface area contributed by atoms with Crippen LogP contribution in [0, 0.1) is 11.3 Å². The summed E-state index contributed by atoms with van der Waals surface area (Å²) < 4.78 is 5.17. The molecule has 1 amide bonds. The minimum absolute atomic E-state index is 0.169. The maximum absolute atomic E-state index is 12.1. The van der Waals surface area contributed by atoms with Gasteiger partial charge in [0, 0.05) is 11.1 Å². The first-order chi connectivity index (χ1) is 10.1. The van der Waals surface area contributed by atoms with Crippen molar-refractivity contribution in [3.63, 3.8) is 0 Å². The molecule has 0 spiro atoms. The second-order valence-electron chi connectivity index (χ2n) is 4.34. The number of hydrogen-bond donors (Lipinski definition) is 1. The van der Waals surface area contributed by atoms with Crippen molar-refractivity contribution in [3.8, 4) is 11.8 Å². The van der Waals surface area contributed by atoms with Crippen LogP contribution < -0.4 is 10.1 Å². The highest BCUT2D eigenvalue weighted by atomic mass is 35.5. The second kappa shape index (κ2) is 6.78. The zero-order valence-corrected chi connectivity index (χ0v) is 12.1. The molecule has 0 saturated carbocycles. The molecule has 0 aliphatic heterocycles. The van der Waals surface area contributed by atoms with Crippen LogP contribution in [0.5, 0.6) is 5.75 Å². The molecule has 2 aromatic rings. The van der Waals surface area contributed by atoms with Gasteiger partial charge in [-0.05, 0) is 23.8 Å². The van der Waals surface area contributed by atoms with Crippen molar-refractivity contribution in [2.75, 3.05) is 12.4 Å². The van der Waals surface area contributed by atoms with Crippen LogP contribution in [0.2, 0.25) is 5.02 Å². The van der Waals surface area contributed by atoms with E-state index in [-0.39, 0.29) is 12.3 Å². The van der Waals surface area contributed by atoms with Crippen molar-refractivity contribution < 1.29 is 9.53 Å². The van der Waals surface area contributed by atoms with Crippen LogP contribution in [-0.4, -0.2) is 13.0 Å². The first-order valence-electron chi connectivity index (χ1n) is 6.25. The van der Waals surface area contributed by atoms with Gasteiger partial charge in [0.15, 0.2) is 0 Å². The van der Waals surface area contributed by atoms with Gasteiger partial charge in [-0.25, -0.2) is 0 Å². The molecule has 0 bridgehead atoms. The average molecular weight is 301 g/mol. The molecule has 2 rings (SSSR count). The first-order valence-corrected chi connectivity index (χ1v) is 6.63. The topological polar surface area (TPSA) is 62.1 Å². The number of amides is 1. The van der Waals surface area contributed by atoms with Crippen LogP contribution in [0.25, 0.3) is 0 Å². The number of ether oxygens (including phenoxy) is 1. The van der Waals surface area contributed by atoms with Crippen LogP contribution in [-0.2, 0) is 11.2 Å². The van der Waals surface area contributed by atoms with E-state index in [4.69, 9.17) is 21.6 Å². The van der Waals surface area contributed by atoms with Crippen LogP contribution in [0.15, 0.2) is 42.5 Å². The highest BCUT2D eigenvalue weighted by Gasteiger charge is 2.10. The third-order valence-electron chi connectivity index (χ3n) is 2.91. The number of carbonyl (C=O) groups is 1. The highest BCUT2D eigenvalue weighted by Crippen LogP contribution is 2.25. The van der Waals surface area contributed by atoms with Crippen molar-refractivity contribution in [3.05, 3.63) is 58.6 Å². The molecule has 21 heavy (non-hydrogen) atoms. The van der Waals surface area contributed by atoms with Gasteiger partial charge >= 0.3 is 0 Å². The number of methoxy groups -OCH3 is 1. The van der Waals surface area contributed by atoms with E-state index in [1.165, 1.54) is 7.11 Å².